The third-order valence-electron chi connectivity index (χ3n) is 5.44. The van der Waals surface area contributed by atoms with Crippen LogP contribution in [0.3, 0.4) is 0 Å². The van der Waals surface area contributed by atoms with Crippen molar-refractivity contribution in [1.82, 2.24) is 10.2 Å². The van der Waals surface area contributed by atoms with Gasteiger partial charge in [-0.3, -0.25) is 4.79 Å². The van der Waals surface area contributed by atoms with Crippen LogP contribution in [0.5, 0.6) is 0 Å². The van der Waals surface area contributed by atoms with E-state index in [9.17, 15) is 4.79 Å². The molecular weight excluding hydrogens is 296 g/mol. The fourth-order valence-corrected chi connectivity index (χ4v) is 4.08. The van der Waals surface area contributed by atoms with Gasteiger partial charge in [-0.1, -0.05) is 31.5 Å². The highest BCUT2D eigenvalue weighted by atomic mass is 16.1. The summed E-state index contributed by atoms with van der Waals surface area (Å²) in [4.78, 5) is 14.8. The van der Waals surface area contributed by atoms with Crippen LogP contribution in [0.15, 0.2) is 18.2 Å². The summed E-state index contributed by atoms with van der Waals surface area (Å²) in [5, 5.41) is 3.13. The number of fused-ring (bicyclic) bond motifs is 1. The Morgan fingerprint density at radius 3 is 2.62 bits per heavy atom. The van der Waals surface area contributed by atoms with Crippen LogP contribution in [-0.4, -0.2) is 37.0 Å². The van der Waals surface area contributed by atoms with Gasteiger partial charge in [0.05, 0.1) is 6.42 Å². The molecule has 0 saturated carbocycles. The maximum absolute atomic E-state index is 12.3. The second-order valence-corrected chi connectivity index (χ2v) is 7.76. The first-order valence-corrected chi connectivity index (χ1v) is 9.80. The Balaban J connectivity index is 1.42. The fraction of sp³-hybridized carbons (Fsp3) is 0.667. The molecule has 1 atom stereocenters. The zero-order chi connectivity index (χ0) is 16.8. The monoisotopic (exact) mass is 328 g/mol. The number of benzene rings is 1. The van der Waals surface area contributed by atoms with E-state index in [1.807, 2.05) is 0 Å². The number of hydrogen-bond acceptors (Lipinski definition) is 2. The van der Waals surface area contributed by atoms with E-state index in [2.05, 4.69) is 35.3 Å². The second kappa shape index (κ2) is 8.66. The molecule has 1 aliphatic heterocycles. The van der Waals surface area contributed by atoms with E-state index >= 15 is 0 Å². The lowest BCUT2D eigenvalue weighted by molar-refractivity contribution is -0.120. The molecule has 0 spiro atoms. The molecule has 0 radical (unpaired) electrons. The van der Waals surface area contributed by atoms with Crippen molar-refractivity contribution in [3.05, 3.63) is 34.9 Å². The molecule has 1 unspecified atom stereocenters. The molecule has 1 aromatic carbocycles. The zero-order valence-corrected chi connectivity index (χ0v) is 15.2. The van der Waals surface area contributed by atoms with Crippen LogP contribution in [-0.2, 0) is 24.1 Å². The minimum Gasteiger partial charge on any atom is -0.355 e. The van der Waals surface area contributed by atoms with E-state index in [-0.39, 0.29) is 5.91 Å². The summed E-state index contributed by atoms with van der Waals surface area (Å²) in [6.45, 7) is 6.61. The predicted molar refractivity (Wildman–Crippen MR) is 99.3 cm³/mol. The molecule has 24 heavy (non-hydrogen) atoms. The van der Waals surface area contributed by atoms with Gasteiger partial charge in [0.1, 0.15) is 0 Å². The Bertz CT molecular complexity index is 549. The summed E-state index contributed by atoms with van der Waals surface area (Å²) in [6.07, 6.45) is 9.53. The van der Waals surface area contributed by atoms with Crippen molar-refractivity contribution < 1.29 is 4.79 Å². The number of piperidine rings is 1. The number of aryl methyl sites for hydroxylation is 2. The van der Waals surface area contributed by atoms with E-state index in [1.165, 1.54) is 69.2 Å². The van der Waals surface area contributed by atoms with Crippen LogP contribution in [0.25, 0.3) is 0 Å². The van der Waals surface area contributed by atoms with E-state index < -0.39 is 0 Å². The van der Waals surface area contributed by atoms with Gasteiger partial charge in [-0.05, 0) is 74.2 Å². The van der Waals surface area contributed by atoms with Gasteiger partial charge in [0.15, 0.2) is 0 Å². The highest BCUT2D eigenvalue weighted by molar-refractivity contribution is 5.78. The van der Waals surface area contributed by atoms with Crippen molar-refractivity contribution in [3.63, 3.8) is 0 Å². The minimum atomic E-state index is 0.163. The van der Waals surface area contributed by atoms with Crippen molar-refractivity contribution in [2.75, 3.05) is 26.2 Å². The topological polar surface area (TPSA) is 32.3 Å². The molecule has 1 N–H and O–H groups in total. The second-order valence-electron chi connectivity index (χ2n) is 7.76. The van der Waals surface area contributed by atoms with Gasteiger partial charge in [-0.15, -0.1) is 0 Å². The van der Waals surface area contributed by atoms with E-state index in [0.717, 1.165) is 18.7 Å². The molecule has 2 aliphatic rings. The number of hydrogen-bond donors (Lipinski definition) is 1. The third kappa shape index (κ3) is 5.07. The number of rotatable bonds is 6. The Kier molecular flexibility index (Phi) is 6.30. The molecule has 132 valence electrons. The van der Waals surface area contributed by atoms with Gasteiger partial charge in [0.25, 0.3) is 0 Å². The largest absolute Gasteiger partial charge is 0.355 e. The standard InChI is InChI=1S/C21H32N2O/c1-17(16-23-11-5-2-6-12-23)15-22-21(24)14-18-9-10-19-7-3-4-8-20(19)13-18/h9-10,13,17H,2-8,11-12,14-16H2,1H3,(H,22,24). The Morgan fingerprint density at radius 1 is 1.08 bits per heavy atom. The van der Waals surface area contributed by atoms with Gasteiger partial charge in [-0.25, -0.2) is 0 Å². The number of carbonyl (C=O) groups excluding carboxylic acids is 1. The smallest absolute Gasteiger partial charge is 0.224 e. The summed E-state index contributed by atoms with van der Waals surface area (Å²) in [6, 6.07) is 6.63. The average molecular weight is 329 g/mol. The van der Waals surface area contributed by atoms with Crippen LogP contribution in [0.4, 0.5) is 0 Å². The molecule has 1 heterocycles. The first-order chi connectivity index (χ1) is 11.7. The number of likely N-dealkylation sites (tertiary alicyclic amines) is 1. The molecule has 0 bridgehead atoms. The molecular formula is C21H32N2O. The summed E-state index contributed by atoms with van der Waals surface area (Å²) < 4.78 is 0. The lowest BCUT2D eigenvalue weighted by atomic mass is 9.90. The first kappa shape index (κ1) is 17.5. The van der Waals surface area contributed by atoms with Crippen molar-refractivity contribution in [2.24, 2.45) is 5.92 Å². The molecule has 3 nitrogen and oxygen atoms in total. The van der Waals surface area contributed by atoms with Crippen molar-refractivity contribution >= 4 is 5.91 Å². The molecule has 1 saturated heterocycles. The summed E-state index contributed by atoms with van der Waals surface area (Å²) >= 11 is 0. The quantitative estimate of drug-likeness (QED) is 0.868. The Morgan fingerprint density at radius 2 is 1.83 bits per heavy atom. The molecule has 1 fully saturated rings. The fourth-order valence-electron chi connectivity index (χ4n) is 4.08. The SMILES string of the molecule is CC(CNC(=O)Cc1ccc2c(c1)CCCC2)CN1CCCCC1. The van der Waals surface area contributed by atoms with Crippen LogP contribution in [0, 0.1) is 5.92 Å². The average Bonchev–Trinajstić information content (AvgIpc) is 2.61. The number of amides is 1. The van der Waals surface area contributed by atoms with E-state index in [4.69, 9.17) is 0 Å². The molecule has 1 amide bonds. The van der Waals surface area contributed by atoms with Crippen LogP contribution >= 0.6 is 0 Å². The Hall–Kier alpha value is -1.35. The predicted octanol–water partition coefficient (Wildman–Crippen LogP) is 3.35. The van der Waals surface area contributed by atoms with Crippen molar-refractivity contribution in [1.29, 1.82) is 0 Å². The van der Waals surface area contributed by atoms with Gasteiger partial charge in [0, 0.05) is 13.1 Å². The maximum Gasteiger partial charge on any atom is 0.224 e. The minimum absolute atomic E-state index is 0.163. The van der Waals surface area contributed by atoms with Crippen molar-refractivity contribution in [2.45, 2.75) is 58.3 Å². The summed E-state index contributed by atoms with van der Waals surface area (Å²) in [5.41, 5.74) is 4.11. The molecule has 3 rings (SSSR count). The van der Waals surface area contributed by atoms with Crippen molar-refractivity contribution in [3.8, 4) is 0 Å². The van der Waals surface area contributed by atoms with E-state index in [1.54, 1.807) is 0 Å². The van der Waals surface area contributed by atoms with Crippen LogP contribution in [0.2, 0.25) is 0 Å². The normalized spacial score (nSPS) is 19.5. The lowest BCUT2D eigenvalue weighted by Crippen LogP contribution is -2.38. The lowest BCUT2D eigenvalue weighted by Gasteiger charge is -2.29. The molecule has 0 aromatic heterocycles. The van der Waals surface area contributed by atoms with Crippen LogP contribution in [0.1, 0.15) is 55.7 Å². The van der Waals surface area contributed by atoms with E-state index in [0.29, 0.717) is 12.3 Å². The molecule has 1 aromatic rings. The van der Waals surface area contributed by atoms with Gasteiger partial charge in [0.2, 0.25) is 5.91 Å². The molecule has 1 aliphatic carbocycles. The first-order valence-electron chi connectivity index (χ1n) is 9.80. The van der Waals surface area contributed by atoms with Gasteiger partial charge >= 0.3 is 0 Å². The zero-order valence-electron chi connectivity index (χ0n) is 15.2. The third-order valence-corrected chi connectivity index (χ3v) is 5.44. The molecule has 3 heteroatoms. The van der Waals surface area contributed by atoms with Crippen LogP contribution < -0.4 is 5.32 Å². The highest BCUT2D eigenvalue weighted by Gasteiger charge is 2.15. The Labute approximate surface area is 146 Å². The number of nitrogens with one attached hydrogen (secondary N) is 1. The summed E-state index contributed by atoms with van der Waals surface area (Å²) in [5.74, 6) is 0.687. The number of nitrogens with zero attached hydrogens (tertiary/aromatic N) is 1. The van der Waals surface area contributed by atoms with Gasteiger partial charge in [-0.2, -0.15) is 0 Å². The summed E-state index contributed by atoms with van der Waals surface area (Å²) in [7, 11) is 0. The highest BCUT2D eigenvalue weighted by Crippen LogP contribution is 2.22. The van der Waals surface area contributed by atoms with Gasteiger partial charge < -0.3 is 10.2 Å². The maximum atomic E-state index is 12.3. The number of carbonyl (C=O) groups is 1.